The van der Waals surface area contributed by atoms with Gasteiger partial charge in [0.2, 0.25) is 5.91 Å². The second-order valence-corrected chi connectivity index (χ2v) is 7.11. The minimum absolute atomic E-state index is 0.0275. The number of carbonyl (C=O) groups excluding carboxylic acids is 2. The summed E-state index contributed by atoms with van der Waals surface area (Å²) in [6.45, 7) is 0.468. The number of aromatic nitrogens is 2. The van der Waals surface area contributed by atoms with Gasteiger partial charge in [-0.1, -0.05) is 48.5 Å². The Hall–Kier alpha value is -3.80. The lowest BCUT2D eigenvalue weighted by Gasteiger charge is -2.24. The van der Waals surface area contributed by atoms with Crippen molar-refractivity contribution in [1.82, 2.24) is 9.13 Å². The van der Waals surface area contributed by atoms with E-state index in [-0.39, 0.29) is 12.5 Å². The molecule has 2 heterocycles. The smallest absolute Gasteiger partial charge is 0.354 e. The number of carbonyl (C=O) groups is 2. The second kappa shape index (κ2) is 8.29. The molecule has 152 valence electrons. The zero-order chi connectivity index (χ0) is 21.1. The summed E-state index contributed by atoms with van der Waals surface area (Å²) in [6, 6.07) is 23.1. The highest BCUT2D eigenvalue weighted by atomic mass is 16.5. The number of aryl methyl sites for hydroxylation is 1. The average molecular weight is 401 g/mol. The minimum Gasteiger partial charge on any atom is -0.464 e. The third-order valence-corrected chi connectivity index (χ3v) is 5.19. The standard InChI is InChI=1S/C24H23N3O3/c1-25-14-13-20-21(25)15-22(24(29)30-2)27(20)17-23(28)26(19-11-7-4-8-12-19)16-18-9-5-3-6-10-18/h3-15H,16-17H2,1-2H3. The van der Waals surface area contributed by atoms with E-state index in [1.807, 2.05) is 84.5 Å². The number of para-hydroxylation sites is 1. The van der Waals surface area contributed by atoms with Gasteiger partial charge in [0.05, 0.1) is 24.7 Å². The van der Waals surface area contributed by atoms with Crippen LogP contribution in [0.15, 0.2) is 79.0 Å². The van der Waals surface area contributed by atoms with Crippen LogP contribution in [0.5, 0.6) is 0 Å². The van der Waals surface area contributed by atoms with Crippen molar-refractivity contribution in [1.29, 1.82) is 0 Å². The number of methoxy groups -OCH3 is 1. The van der Waals surface area contributed by atoms with E-state index in [4.69, 9.17) is 4.74 Å². The van der Waals surface area contributed by atoms with Gasteiger partial charge in [-0.2, -0.15) is 0 Å². The summed E-state index contributed by atoms with van der Waals surface area (Å²) in [5, 5.41) is 0. The molecule has 6 nitrogen and oxygen atoms in total. The van der Waals surface area contributed by atoms with Gasteiger partial charge < -0.3 is 18.8 Å². The topological polar surface area (TPSA) is 56.5 Å². The van der Waals surface area contributed by atoms with Crippen molar-refractivity contribution in [3.63, 3.8) is 0 Å². The van der Waals surface area contributed by atoms with E-state index in [0.29, 0.717) is 12.2 Å². The second-order valence-electron chi connectivity index (χ2n) is 7.11. The maximum absolute atomic E-state index is 13.5. The largest absolute Gasteiger partial charge is 0.464 e. The number of benzene rings is 2. The van der Waals surface area contributed by atoms with Gasteiger partial charge in [-0.15, -0.1) is 0 Å². The Bertz CT molecular complexity index is 1180. The molecule has 4 aromatic rings. The average Bonchev–Trinajstić information content (AvgIpc) is 3.32. The zero-order valence-electron chi connectivity index (χ0n) is 17.0. The number of amides is 1. The predicted octanol–water partition coefficient (Wildman–Crippen LogP) is 4.00. The van der Waals surface area contributed by atoms with Crippen LogP contribution in [-0.4, -0.2) is 28.1 Å². The summed E-state index contributed by atoms with van der Waals surface area (Å²) in [6.07, 6.45) is 1.91. The van der Waals surface area contributed by atoms with Gasteiger partial charge >= 0.3 is 5.97 Å². The molecule has 0 radical (unpaired) electrons. The van der Waals surface area contributed by atoms with Crippen LogP contribution in [-0.2, 0) is 29.7 Å². The Morgan fingerprint density at radius 1 is 0.933 bits per heavy atom. The number of hydrogen-bond donors (Lipinski definition) is 0. The molecule has 6 heteroatoms. The van der Waals surface area contributed by atoms with Crippen LogP contribution in [0.4, 0.5) is 5.69 Å². The van der Waals surface area contributed by atoms with Gasteiger partial charge in [0.25, 0.3) is 0 Å². The van der Waals surface area contributed by atoms with Crippen molar-refractivity contribution >= 4 is 28.6 Å². The minimum atomic E-state index is -0.465. The van der Waals surface area contributed by atoms with E-state index in [0.717, 1.165) is 22.3 Å². The highest BCUT2D eigenvalue weighted by molar-refractivity contribution is 5.98. The number of ether oxygens (including phenoxy) is 1. The highest BCUT2D eigenvalue weighted by Gasteiger charge is 2.23. The van der Waals surface area contributed by atoms with Crippen molar-refractivity contribution in [2.75, 3.05) is 12.0 Å². The molecule has 2 aromatic carbocycles. The Morgan fingerprint density at radius 3 is 2.27 bits per heavy atom. The van der Waals surface area contributed by atoms with Gasteiger partial charge in [-0.3, -0.25) is 4.79 Å². The van der Waals surface area contributed by atoms with Crippen molar-refractivity contribution in [2.24, 2.45) is 7.05 Å². The Balaban J connectivity index is 1.71. The molecule has 1 amide bonds. The maximum Gasteiger partial charge on any atom is 0.354 e. The summed E-state index contributed by atoms with van der Waals surface area (Å²) in [5.41, 5.74) is 3.89. The molecule has 4 rings (SSSR count). The fourth-order valence-corrected chi connectivity index (χ4v) is 3.63. The molecule has 0 saturated heterocycles. The van der Waals surface area contributed by atoms with Crippen LogP contribution >= 0.6 is 0 Å². The molecule has 0 atom stereocenters. The molecule has 30 heavy (non-hydrogen) atoms. The summed E-state index contributed by atoms with van der Waals surface area (Å²) in [5.74, 6) is -0.579. The summed E-state index contributed by atoms with van der Waals surface area (Å²) in [7, 11) is 3.25. The molecular formula is C24H23N3O3. The first-order valence-electron chi connectivity index (χ1n) is 9.70. The van der Waals surface area contributed by atoms with Crippen LogP contribution in [0.2, 0.25) is 0 Å². The molecule has 0 aliphatic carbocycles. The van der Waals surface area contributed by atoms with E-state index < -0.39 is 5.97 Å². The van der Waals surface area contributed by atoms with Crippen LogP contribution in [0, 0.1) is 0 Å². The van der Waals surface area contributed by atoms with E-state index in [1.54, 1.807) is 15.5 Å². The normalized spacial score (nSPS) is 10.9. The Morgan fingerprint density at radius 2 is 1.60 bits per heavy atom. The molecule has 0 unspecified atom stereocenters. The quantitative estimate of drug-likeness (QED) is 0.459. The molecule has 0 fully saturated rings. The molecule has 0 saturated carbocycles. The number of fused-ring (bicyclic) bond motifs is 1. The number of anilines is 1. The van der Waals surface area contributed by atoms with E-state index >= 15 is 0 Å². The van der Waals surface area contributed by atoms with Crippen LogP contribution in [0.1, 0.15) is 16.1 Å². The van der Waals surface area contributed by atoms with Crippen molar-refractivity contribution in [3.8, 4) is 0 Å². The van der Waals surface area contributed by atoms with Gasteiger partial charge in [0.15, 0.2) is 0 Å². The lowest BCUT2D eigenvalue weighted by atomic mass is 10.2. The molecule has 0 aliphatic rings. The Kier molecular flexibility index (Phi) is 5.39. The van der Waals surface area contributed by atoms with Crippen molar-refractivity contribution in [2.45, 2.75) is 13.1 Å². The van der Waals surface area contributed by atoms with Crippen LogP contribution in [0.3, 0.4) is 0 Å². The van der Waals surface area contributed by atoms with Crippen molar-refractivity contribution < 1.29 is 14.3 Å². The van der Waals surface area contributed by atoms with Gasteiger partial charge in [-0.25, -0.2) is 4.79 Å². The number of hydrogen-bond acceptors (Lipinski definition) is 3. The lowest BCUT2D eigenvalue weighted by Crippen LogP contribution is -2.34. The first kappa shape index (κ1) is 19.5. The fourth-order valence-electron chi connectivity index (χ4n) is 3.63. The monoisotopic (exact) mass is 401 g/mol. The van der Waals surface area contributed by atoms with Crippen LogP contribution < -0.4 is 4.90 Å². The lowest BCUT2D eigenvalue weighted by molar-refractivity contribution is -0.119. The van der Waals surface area contributed by atoms with Crippen LogP contribution in [0.25, 0.3) is 11.0 Å². The Labute approximate surface area is 174 Å². The van der Waals surface area contributed by atoms with Crippen molar-refractivity contribution in [3.05, 3.63) is 90.3 Å². The number of nitrogens with zero attached hydrogens (tertiary/aromatic N) is 3. The van der Waals surface area contributed by atoms with E-state index in [2.05, 4.69) is 0 Å². The molecule has 2 aromatic heterocycles. The zero-order valence-corrected chi connectivity index (χ0v) is 17.0. The fraction of sp³-hybridized carbons (Fsp3) is 0.167. The van der Waals surface area contributed by atoms with Gasteiger partial charge in [0, 0.05) is 18.9 Å². The molecule has 0 N–H and O–H groups in total. The third kappa shape index (κ3) is 3.72. The molecule has 0 aliphatic heterocycles. The van der Waals surface area contributed by atoms with Gasteiger partial charge in [0.1, 0.15) is 12.2 Å². The predicted molar refractivity (Wildman–Crippen MR) is 116 cm³/mol. The first-order chi connectivity index (χ1) is 14.6. The molecule has 0 bridgehead atoms. The summed E-state index contributed by atoms with van der Waals surface area (Å²) >= 11 is 0. The van der Waals surface area contributed by atoms with E-state index in [9.17, 15) is 9.59 Å². The maximum atomic E-state index is 13.5. The van der Waals surface area contributed by atoms with E-state index in [1.165, 1.54) is 7.11 Å². The SMILES string of the molecule is COC(=O)c1cc2c(ccn2C)n1CC(=O)N(Cc1ccccc1)c1ccccc1. The van der Waals surface area contributed by atoms with Gasteiger partial charge in [-0.05, 0) is 29.8 Å². The first-order valence-corrected chi connectivity index (χ1v) is 9.70. The highest BCUT2D eigenvalue weighted by Crippen LogP contribution is 2.23. The summed E-state index contributed by atoms with van der Waals surface area (Å²) in [4.78, 5) is 27.6. The molecular weight excluding hydrogens is 378 g/mol. The number of rotatable bonds is 6. The molecule has 0 spiro atoms. The number of esters is 1. The summed E-state index contributed by atoms with van der Waals surface area (Å²) < 4.78 is 8.59. The third-order valence-electron chi connectivity index (χ3n) is 5.19.